The van der Waals surface area contributed by atoms with Gasteiger partial charge in [0.05, 0.1) is 20.3 Å². The number of hydrogen-bond donors (Lipinski definition) is 1. The van der Waals surface area contributed by atoms with Gasteiger partial charge in [-0.25, -0.2) is 0 Å². The van der Waals surface area contributed by atoms with Gasteiger partial charge >= 0.3 is 12.4 Å². The van der Waals surface area contributed by atoms with Gasteiger partial charge in [-0.05, 0) is 96.4 Å². The van der Waals surface area contributed by atoms with Crippen LogP contribution < -0.4 is 18.9 Å². The molecule has 4 aliphatic rings. The molecule has 0 bridgehead atoms. The lowest BCUT2D eigenvalue weighted by molar-refractivity contribution is -0.154. The van der Waals surface area contributed by atoms with Crippen LogP contribution in [-0.4, -0.2) is 92.8 Å². The Hall–Kier alpha value is -3.23. The SMILES string of the molecule is COc1cc2c(cc1OCC(F)(F)F)CCN1CC(CC(C)C)C(=O)CC21.COc1cc2c(cc1OCC(F)(F)F)CCN1CC(CC(C)C)C(O)CC21. The second-order valence-electron chi connectivity index (χ2n) is 15.9. The third-order valence-electron chi connectivity index (χ3n) is 10.9. The van der Waals surface area contributed by atoms with E-state index in [9.17, 15) is 36.2 Å². The maximum absolute atomic E-state index is 12.6. The number of hydrogen-bond acceptors (Lipinski definition) is 8. The van der Waals surface area contributed by atoms with Gasteiger partial charge in [0.1, 0.15) is 5.78 Å². The monoisotopic (exact) mass is 772 g/mol. The predicted octanol–water partition coefficient (Wildman–Crippen LogP) is 8.13. The van der Waals surface area contributed by atoms with Gasteiger partial charge in [0.15, 0.2) is 36.2 Å². The summed E-state index contributed by atoms with van der Waals surface area (Å²) in [5.41, 5.74) is 3.90. The normalized spacial score (nSPS) is 24.5. The van der Waals surface area contributed by atoms with Crippen LogP contribution in [0, 0.1) is 23.7 Å². The number of methoxy groups -OCH3 is 2. The molecule has 2 aromatic carbocycles. The summed E-state index contributed by atoms with van der Waals surface area (Å²) in [5, 5.41) is 10.6. The van der Waals surface area contributed by atoms with Gasteiger partial charge in [0.2, 0.25) is 0 Å². The molecular weight excluding hydrogens is 718 g/mol. The maximum Gasteiger partial charge on any atom is 0.422 e. The van der Waals surface area contributed by atoms with Crippen LogP contribution in [0.4, 0.5) is 26.3 Å². The summed E-state index contributed by atoms with van der Waals surface area (Å²) in [4.78, 5) is 17.3. The number of carbonyl (C=O) groups excluding carboxylic acids is 1. The van der Waals surface area contributed by atoms with Crippen molar-refractivity contribution in [1.29, 1.82) is 0 Å². The molecule has 4 aliphatic heterocycles. The summed E-state index contributed by atoms with van der Waals surface area (Å²) in [7, 11) is 2.84. The maximum atomic E-state index is 12.6. The van der Waals surface area contributed by atoms with Gasteiger partial charge < -0.3 is 24.1 Å². The molecule has 5 unspecified atom stereocenters. The molecule has 8 nitrogen and oxygen atoms in total. The molecular formula is C40H54F6N2O6. The zero-order chi connectivity index (χ0) is 39.5. The number of nitrogens with zero attached hydrogens (tertiary/aromatic N) is 2. The Morgan fingerprint density at radius 1 is 0.722 bits per heavy atom. The second-order valence-corrected chi connectivity index (χ2v) is 15.9. The average molecular weight is 773 g/mol. The lowest BCUT2D eigenvalue weighted by Crippen LogP contribution is -2.48. The van der Waals surface area contributed by atoms with Gasteiger partial charge in [-0.3, -0.25) is 14.6 Å². The standard InChI is InChI=1S/C20H28F3NO3.C20H26F3NO3/c2*1-12(2)6-14-10-24-5-4-13-7-19(27-11-20(21,22)23)18(26-3)8-15(13)16(24)9-17(14)25/h7-8,12,14,16-17,25H,4-6,9-11H2,1-3H3;7-8,12,14,16H,4-6,9-11H2,1-3H3. The van der Waals surface area contributed by atoms with Gasteiger partial charge in [0, 0.05) is 50.6 Å². The van der Waals surface area contributed by atoms with Crippen LogP contribution in [-0.2, 0) is 17.6 Å². The molecule has 0 aromatic heterocycles. The summed E-state index contributed by atoms with van der Waals surface area (Å²) in [6, 6.07) is 6.88. The second kappa shape index (κ2) is 17.3. The number of aliphatic hydroxyl groups is 1. The van der Waals surface area contributed by atoms with Crippen molar-refractivity contribution in [3.05, 3.63) is 46.5 Å². The lowest BCUT2D eigenvalue weighted by Gasteiger charge is -2.46. The summed E-state index contributed by atoms with van der Waals surface area (Å²) >= 11 is 0. The van der Waals surface area contributed by atoms with Crippen molar-refractivity contribution in [3.63, 3.8) is 0 Å². The van der Waals surface area contributed by atoms with Crippen molar-refractivity contribution in [2.75, 3.05) is 53.6 Å². The van der Waals surface area contributed by atoms with Crippen LogP contribution in [0.2, 0.25) is 0 Å². The van der Waals surface area contributed by atoms with Crippen LogP contribution in [0.3, 0.4) is 0 Å². The summed E-state index contributed by atoms with van der Waals surface area (Å²) in [6.45, 7) is 9.11. The topological polar surface area (TPSA) is 80.7 Å². The summed E-state index contributed by atoms with van der Waals surface area (Å²) in [6.07, 6.45) is -4.73. The fourth-order valence-electron chi connectivity index (χ4n) is 8.54. The van der Waals surface area contributed by atoms with Gasteiger partial charge in [-0.1, -0.05) is 27.7 Å². The number of rotatable bonds is 10. The van der Waals surface area contributed by atoms with E-state index in [1.165, 1.54) is 14.2 Å². The minimum absolute atomic E-state index is 0.0322. The number of fused-ring (bicyclic) bond motifs is 6. The first-order valence-electron chi connectivity index (χ1n) is 18.8. The lowest BCUT2D eigenvalue weighted by atomic mass is 9.79. The van der Waals surface area contributed by atoms with E-state index in [4.69, 9.17) is 18.9 Å². The summed E-state index contributed by atoms with van der Waals surface area (Å²) < 4.78 is 95.5. The van der Waals surface area contributed by atoms with Crippen LogP contribution in [0.5, 0.6) is 23.0 Å². The van der Waals surface area contributed by atoms with E-state index in [-0.39, 0.29) is 53.1 Å². The first-order chi connectivity index (χ1) is 25.3. The van der Waals surface area contributed by atoms with Crippen molar-refractivity contribution in [3.8, 4) is 23.0 Å². The first kappa shape index (κ1) is 41.9. The molecule has 0 radical (unpaired) electrons. The minimum Gasteiger partial charge on any atom is -0.493 e. The number of piperidine rings is 2. The third-order valence-corrected chi connectivity index (χ3v) is 10.9. The van der Waals surface area contributed by atoms with Crippen LogP contribution >= 0.6 is 0 Å². The van der Waals surface area contributed by atoms with Crippen molar-refractivity contribution < 1.29 is 55.2 Å². The number of aliphatic hydroxyl groups excluding tert-OH is 1. The van der Waals surface area contributed by atoms with Crippen molar-refractivity contribution in [2.24, 2.45) is 23.7 Å². The minimum atomic E-state index is -4.40. The fourth-order valence-corrected chi connectivity index (χ4v) is 8.54. The molecule has 6 rings (SSSR count). The largest absolute Gasteiger partial charge is 0.493 e. The molecule has 54 heavy (non-hydrogen) atoms. The first-order valence-corrected chi connectivity index (χ1v) is 18.8. The molecule has 0 spiro atoms. The molecule has 2 fully saturated rings. The van der Waals surface area contributed by atoms with Crippen molar-refractivity contribution in [1.82, 2.24) is 9.80 Å². The molecule has 302 valence electrons. The molecule has 0 aliphatic carbocycles. The highest BCUT2D eigenvalue weighted by atomic mass is 19.4. The van der Waals surface area contributed by atoms with E-state index in [0.717, 1.165) is 74.1 Å². The van der Waals surface area contributed by atoms with E-state index in [0.29, 0.717) is 30.4 Å². The Morgan fingerprint density at radius 2 is 1.20 bits per heavy atom. The summed E-state index contributed by atoms with van der Waals surface area (Å²) in [5.74, 6) is 2.41. The molecule has 5 atom stereocenters. The van der Waals surface area contributed by atoms with Crippen LogP contribution in [0.25, 0.3) is 0 Å². The van der Waals surface area contributed by atoms with E-state index < -0.39 is 25.6 Å². The Bertz CT molecular complexity index is 1600. The van der Waals surface area contributed by atoms with E-state index in [1.54, 1.807) is 24.3 Å². The Morgan fingerprint density at radius 3 is 1.67 bits per heavy atom. The third kappa shape index (κ3) is 10.5. The molecule has 4 heterocycles. The molecule has 14 heteroatoms. The van der Waals surface area contributed by atoms with Gasteiger partial charge in [0.25, 0.3) is 0 Å². The number of alkyl halides is 6. The van der Waals surface area contributed by atoms with E-state index in [2.05, 4.69) is 37.5 Å². The average Bonchev–Trinajstić information content (AvgIpc) is 3.09. The highest BCUT2D eigenvalue weighted by molar-refractivity contribution is 5.83. The van der Waals surface area contributed by atoms with Gasteiger partial charge in [-0.2, -0.15) is 26.3 Å². The zero-order valence-electron chi connectivity index (χ0n) is 32.0. The molecule has 0 amide bonds. The number of ketones is 1. The molecule has 2 saturated heterocycles. The Kier molecular flexibility index (Phi) is 13.4. The quantitative estimate of drug-likeness (QED) is 0.243. The number of Topliss-reactive ketones (excluding diaryl/α,β-unsaturated/α-hetero) is 1. The number of carbonyl (C=O) groups is 1. The Balaban J connectivity index is 0.000000208. The number of benzene rings is 2. The highest BCUT2D eigenvalue weighted by Gasteiger charge is 2.41. The van der Waals surface area contributed by atoms with Gasteiger partial charge in [-0.15, -0.1) is 0 Å². The number of ether oxygens (including phenoxy) is 4. The smallest absolute Gasteiger partial charge is 0.422 e. The fraction of sp³-hybridized carbons (Fsp3) is 0.675. The molecule has 0 saturated carbocycles. The molecule has 2 aromatic rings. The van der Waals surface area contributed by atoms with Crippen molar-refractivity contribution >= 4 is 5.78 Å². The number of halogens is 6. The zero-order valence-corrected chi connectivity index (χ0v) is 32.0. The van der Waals surface area contributed by atoms with Crippen LogP contribution in [0.15, 0.2) is 24.3 Å². The molecule has 1 N–H and O–H groups in total. The van der Waals surface area contributed by atoms with E-state index in [1.807, 2.05) is 0 Å². The predicted molar refractivity (Wildman–Crippen MR) is 191 cm³/mol. The van der Waals surface area contributed by atoms with Crippen LogP contribution in [0.1, 0.15) is 87.7 Å². The highest BCUT2D eigenvalue weighted by Crippen LogP contribution is 2.45. The Labute approximate surface area is 314 Å². The van der Waals surface area contributed by atoms with E-state index >= 15 is 0 Å². The van der Waals surface area contributed by atoms with Crippen molar-refractivity contribution in [2.45, 2.75) is 96.8 Å².